The Morgan fingerprint density at radius 1 is 1.07 bits per heavy atom. The van der Waals surface area contributed by atoms with Gasteiger partial charge in [-0.25, -0.2) is 0 Å². The van der Waals surface area contributed by atoms with E-state index in [4.69, 9.17) is 14.0 Å². The van der Waals surface area contributed by atoms with Gasteiger partial charge in [-0.1, -0.05) is 35.0 Å². The van der Waals surface area contributed by atoms with Crippen LogP contribution in [-0.2, 0) is 11.2 Å². The minimum absolute atomic E-state index is 0.155. The molecule has 1 amide bonds. The van der Waals surface area contributed by atoms with E-state index in [0.29, 0.717) is 35.3 Å². The number of hydrogen-bond acceptors (Lipinski definition) is 6. The Labute approximate surface area is 157 Å². The lowest BCUT2D eigenvalue weighted by Crippen LogP contribution is -2.12. The molecule has 140 valence electrons. The van der Waals surface area contributed by atoms with Crippen LogP contribution in [-0.4, -0.2) is 30.3 Å². The Kier molecular flexibility index (Phi) is 5.71. The zero-order valence-electron chi connectivity index (χ0n) is 15.5. The van der Waals surface area contributed by atoms with Crippen LogP contribution in [0.2, 0.25) is 0 Å². The highest BCUT2D eigenvalue weighted by molar-refractivity contribution is 5.91. The second-order valence-corrected chi connectivity index (χ2v) is 6.00. The first kappa shape index (κ1) is 18.4. The highest BCUT2D eigenvalue weighted by Crippen LogP contribution is 2.29. The fourth-order valence-corrected chi connectivity index (χ4v) is 2.53. The Morgan fingerprint density at radius 3 is 2.52 bits per heavy atom. The van der Waals surface area contributed by atoms with Crippen molar-refractivity contribution in [3.05, 3.63) is 53.9 Å². The molecule has 0 aliphatic carbocycles. The van der Waals surface area contributed by atoms with Crippen LogP contribution in [0.4, 0.5) is 5.69 Å². The maximum absolute atomic E-state index is 12.2. The molecule has 1 N–H and O–H groups in total. The Balaban J connectivity index is 1.57. The van der Waals surface area contributed by atoms with Gasteiger partial charge in [0.1, 0.15) is 0 Å². The number of aromatic nitrogens is 2. The van der Waals surface area contributed by atoms with Gasteiger partial charge in [0.05, 0.1) is 14.2 Å². The second-order valence-electron chi connectivity index (χ2n) is 6.00. The van der Waals surface area contributed by atoms with Crippen LogP contribution in [0.25, 0.3) is 11.4 Å². The third-order valence-electron chi connectivity index (χ3n) is 4.01. The molecule has 2 aromatic carbocycles. The highest BCUT2D eigenvalue weighted by Gasteiger charge is 2.12. The molecule has 7 heteroatoms. The molecule has 1 heterocycles. The molecule has 1 aromatic heterocycles. The lowest BCUT2D eigenvalue weighted by Gasteiger charge is -2.10. The van der Waals surface area contributed by atoms with Crippen molar-refractivity contribution in [2.45, 2.75) is 19.8 Å². The average molecular weight is 367 g/mol. The number of benzene rings is 2. The topological polar surface area (TPSA) is 86.5 Å². The molecular weight excluding hydrogens is 346 g/mol. The van der Waals surface area contributed by atoms with Crippen LogP contribution in [0, 0.1) is 6.92 Å². The van der Waals surface area contributed by atoms with Crippen molar-refractivity contribution in [2.75, 3.05) is 19.5 Å². The molecule has 3 rings (SSSR count). The molecule has 0 saturated carbocycles. The summed E-state index contributed by atoms with van der Waals surface area (Å²) in [4.78, 5) is 16.5. The summed E-state index contributed by atoms with van der Waals surface area (Å²) in [6, 6.07) is 13.0. The summed E-state index contributed by atoms with van der Waals surface area (Å²) >= 11 is 0. The monoisotopic (exact) mass is 367 g/mol. The molecule has 0 aliphatic rings. The van der Waals surface area contributed by atoms with Gasteiger partial charge in [0.2, 0.25) is 17.6 Å². The number of hydrogen-bond donors (Lipinski definition) is 1. The molecule has 0 atom stereocenters. The molecule has 0 aliphatic heterocycles. The number of methoxy groups -OCH3 is 2. The average Bonchev–Trinajstić information content (AvgIpc) is 3.16. The summed E-state index contributed by atoms with van der Waals surface area (Å²) in [5.41, 5.74) is 2.67. The molecule has 0 radical (unpaired) electrons. The molecule has 7 nitrogen and oxygen atoms in total. The lowest BCUT2D eigenvalue weighted by molar-refractivity contribution is -0.116. The van der Waals surface area contributed by atoms with Crippen molar-refractivity contribution >= 4 is 11.6 Å². The van der Waals surface area contributed by atoms with Crippen molar-refractivity contribution in [1.82, 2.24) is 10.1 Å². The van der Waals surface area contributed by atoms with E-state index in [1.807, 2.05) is 31.2 Å². The molecule has 0 bridgehead atoms. The number of aryl methyl sites for hydroxylation is 2. The third kappa shape index (κ3) is 4.63. The second kappa shape index (κ2) is 8.35. The molecule has 0 saturated heterocycles. The largest absolute Gasteiger partial charge is 0.493 e. The molecule has 0 unspecified atom stereocenters. The predicted octanol–water partition coefficient (Wildman–Crippen LogP) is 3.63. The number of nitrogens with one attached hydrogen (secondary N) is 1. The van der Waals surface area contributed by atoms with Gasteiger partial charge in [-0.05, 0) is 19.1 Å². The predicted molar refractivity (Wildman–Crippen MR) is 101 cm³/mol. The van der Waals surface area contributed by atoms with Crippen molar-refractivity contribution in [3.63, 3.8) is 0 Å². The zero-order chi connectivity index (χ0) is 19.2. The number of rotatable bonds is 7. The summed E-state index contributed by atoms with van der Waals surface area (Å²) in [7, 11) is 3.11. The fourth-order valence-electron chi connectivity index (χ4n) is 2.53. The van der Waals surface area contributed by atoms with E-state index in [1.165, 1.54) is 0 Å². The Morgan fingerprint density at radius 2 is 1.81 bits per heavy atom. The van der Waals surface area contributed by atoms with Crippen LogP contribution >= 0.6 is 0 Å². The third-order valence-corrected chi connectivity index (χ3v) is 4.01. The number of carbonyl (C=O) groups is 1. The standard InChI is InChI=1S/C20H21N3O4/c1-13-4-6-14(7-5-13)20-22-19(27-23-20)11-10-18(24)21-15-8-9-16(25-2)17(12-15)26-3/h4-9,12H,10-11H2,1-3H3,(H,21,24). The number of anilines is 1. The van der Waals surface area contributed by atoms with Gasteiger partial charge in [0.25, 0.3) is 0 Å². The van der Waals surface area contributed by atoms with Crippen LogP contribution in [0.1, 0.15) is 17.9 Å². The van der Waals surface area contributed by atoms with Crippen LogP contribution in [0.5, 0.6) is 11.5 Å². The van der Waals surface area contributed by atoms with Gasteiger partial charge < -0.3 is 19.3 Å². The van der Waals surface area contributed by atoms with Gasteiger partial charge in [0.15, 0.2) is 11.5 Å². The van der Waals surface area contributed by atoms with E-state index in [2.05, 4.69) is 15.5 Å². The van der Waals surface area contributed by atoms with Gasteiger partial charge >= 0.3 is 0 Å². The minimum atomic E-state index is -0.155. The maximum Gasteiger partial charge on any atom is 0.227 e. The van der Waals surface area contributed by atoms with Gasteiger partial charge in [-0.3, -0.25) is 4.79 Å². The van der Waals surface area contributed by atoms with Crippen molar-refractivity contribution in [1.29, 1.82) is 0 Å². The van der Waals surface area contributed by atoms with Crippen molar-refractivity contribution in [3.8, 4) is 22.9 Å². The summed E-state index contributed by atoms with van der Waals surface area (Å²) in [6.45, 7) is 2.02. The summed E-state index contributed by atoms with van der Waals surface area (Å²) in [5, 5.41) is 6.79. The van der Waals surface area contributed by atoms with Gasteiger partial charge in [0, 0.05) is 30.2 Å². The molecular formula is C20H21N3O4. The minimum Gasteiger partial charge on any atom is -0.493 e. The lowest BCUT2D eigenvalue weighted by atomic mass is 10.1. The first-order valence-corrected chi connectivity index (χ1v) is 8.50. The first-order valence-electron chi connectivity index (χ1n) is 8.50. The van der Waals surface area contributed by atoms with Gasteiger partial charge in [-0.15, -0.1) is 0 Å². The number of amides is 1. The van der Waals surface area contributed by atoms with Crippen LogP contribution in [0.15, 0.2) is 47.0 Å². The van der Waals surface area contributed by atoms with E-state index >= 15 is 0 Å². The van der Waals surface area contributed by atoms with Crippen LogP contribution < -0.4 is 14.8 Å². The molecule has 0 spiro atoms. The smallest absolute Gasteiger partial charge is 0.227 e. The van der Waals surface area contributed by atoms with Gasteiger partial charge in [-0.2, -0.15) is 4.98 Å². The zero-order valence-corrected chi connectivity index (χ0v) is 15.5. The first-order chi connectivity index (χ1) is 13.1. The quantitative estimate of drug-likeness (QED) is 0.686. The number of carbonyl (C=O) groups excluding carboxylic acids is 1. The maximum atomic E-state index is 12.2. The van der Waals surface area contributed by atoms with E-state index in [-0.39, 0.29) is 12.3 Å². The SMILES string of the molecule is COc1ccc(NC(=O)CCc2nc(-c3ccc(C)cc3)no2)cc1OC. The van der Waals surface area contributed by atoms with E-state index < -0.39 is 0 Å². The summed E-state index contributed by atoms with van der Waals surface area (Å²) in [6.07, 6.45) is 0.585. The summed E-state index contributed by atoms with van der Waals surface area (Å²) < 4.78 is 15.7. The fraction of sp³-hybridized carbons (Fsp3) is 0.250. The van der Waals surface area contributed by atoms with Crippen molar-refractivity contribution < 1.29 is 18.8 Å². The molecule has 27 heavy (non-hydrogen) atoms. The van der Waals surface area contributed by atoms with Crippen LogP contribution in [0.3, 0.4) is 0 Å². The molecule has 0 fully saturated rings. The highest BCUT2D eigenvalue weighted by atomic mass is 16.5. The Bertz CT molecular complexity index is 919. The number of ether oxygens (including phenoxy) is 2. The number of nitrogens with zero attached hydrogens (tertiary/aromatic N) is 2. The summed E-state index contributed by atoms with van der Waals surface area (Å²) in [5.74, 6) is 1.94. The normalized spacial score (nSPS) is 10.5. The van der Waals surface area contributed by atoms with Crippen molar-refractivity contribution in [2.24, 2.45) is 0 Å². The Hall–Kier alpha value is -3.35. The van der Waals surface area contributed by atoms with E-state index in [1.54, 1.807) is 32.4 Å². The molecule has 3 aromatic rings. The van der Waals surface area contributed by atoms with E-state index in [0.717, 1.165) is 11.1 Å². The van der Waals surface area contributed by atoms with E-state index in [9.17, 15) is 4.79 Å².